The first-order valence-corrected chi connectivity index (χ1v) is 5.36. The summed E-state index contributed by atoms with van der Waals surface area (Å²) in [5.74, 6) is 5.70. The zero-order valence-corrected chi connectivity index (χ0v) is 9.47. The number of hydrogen-bond acceptors (Lipinski definition) is 3. The lowest BCUT2D eigenvalue weighted by molar-refractivity contribution is 0.337. The van der Waals surface area contributed by atoms with Gasteiger partial charge in [-0.15, -0.1) is 0 Å². The van der Waals surface area contributed by atoms with Crippen molar-refractivity contribution in [2.75, 3.05) is 5.73 Å². The predicted octanol–water partition coefficient (Wildman–Crippen LogP) is 2.17. The molecule has 3 rings (SSSR count). The monoisotopic (exact) mass is 227 g/mol. The fourth-order valence-electron chi connectivity index (χ4n) is 2.39. The van der Waals surface area contributed by atoms with Gasteiger partial charge >= 0.3 is 0 Å². The summed E-state index contributed by atoms with van der Waals surface area (Å²) in [5.41, 5.74) is 8.74. The molecule has 1 heterocycles. The number of nitrogen functional groups attached to an aromatic ring is 1. The van der Waals surface area contributed by atoms with E-state index in [0.29, 0.717) is 11.4 Å². The lowest BCUT2D eigenvalue weighted by Crippen LogP contribution is -2.05. The van der Waals surface area contributed by atoms with E-state index in [-0.39, 0.29) is 0 Å². The standard InChI is InChI=1S/C13H13N3O/c1-16-10-5-3-2-4-8(10)9-6-7-11(17-15)12(14)13(9)16/h2-7H,14-15H2,1H3. The Labute approximate surface area is 98.3 Å². The second-order valence-corrected chi connectivity index (χ2v) is 4.07. The van der Waals surface area contributed by atoms with Gasteiger partial charge in [0.2, 0.25) is 0 Å². The van der Waals surface area contributed by atoms with E-state index < -0.39 is 0 Å². The molecule has 0 saturated carbocycles. The largest absolute Gasteiger partial charge is 0.409 e. The summed E-state index contributed by atoms with van der Waals surface area (Å²) in [7, 11) is 1.99. The van der Waals surface area contributed by atoms with Crippen LogP contribution in [-0.4, -0.2) is 4.57 Å². The molecule has 4 heteroatoms. The van der Waals surface area contributed by atoms with E-state index in [1.165, 1.54) is 5.39 Å². The lowest BCUT2D eigenvalue weighted by Gasteiger charge is -2.06. The van der Waals surface area contributed by atoms with Crippen LogP contribution in [0.25, 0.3) is 21.8 Å². The molecule has 4 N–H and O–H groups in total. The molecule has 4 nitrogen and oxygen atoms in total. The van der Waals surface area contributed by atoms with Crippen LogP contribution in [0.5, 0.6) is 5.75 Å². The molecule has 0 aliphatic rings. The molecular weight excluding hydrogens is 214 g/mol. The highest BCUT2D eigenvalue weighted by Gasteiger charge is 2.13. The van der Waals surface area contributed by atoms with Crippen molar-refractivity contribution in [1.82, 2.24) is 4.57 Å². The molecule has 86 valence electrons. The highest BCUT2D eigenvalue weighted by molar-refractivity contribution is 6.12. The average molecular weight is 227 g/mol. The number of rotatable bonds is 1. The molecule has 0 atom stereocenters. The van der Waals surface area contributed by atoms with Crippen LogP contribution in [-0.2, 0) is 7.05 Å². The summed E-state index contributed by atoms with van der Waals surface area (Å²) in [5, 5.41) is 2.29. The van der Waals surface area contributed by atoms with Crippen LogP contribution in [0.1, 0.15) is 0 Å². The van der Waals surface area contributed by atoms with Crippen LogP contribution in [0, 0.1) is 0 Å². The summed E-state index contributed by atoms with van der Waals surface area (Å²) in [6, 6.07) is 12.0. The molecule has 0 radical (unpaired) electrons. The van der Waals surface area contributed by atoms with Crippen molar-refractivity contribution in [2.24, 2.45) is 12.9 Å². The van der Waals surface area contributed by atoms with E-state index in [1.807, 2.05) is 25.2 Å². The Morgan fingerprint density at radius 1 is 1.06 bits per heavy atom. The fraction of sp³-hybridized carbons (Fsp3) is 0.0769. The second kappa shape index (κ2) is 3.40. The molecule has 0 aliphatic heterocycles. The first-order valence-electron chi connectivity index (χ1n) is 5.36. The van der Waals surface area contributed by atoms with Crippen LogP contribution < -0.4 is 16.5 Å². The smallest absolute Gasteiger partial charge is 0.171 e. The number of benzene rings is 2. The van der Waals surface area contributed by atoms with E-state index in [9.17, 15) is 0 Å². The molecule has 0 fully saturated rings. The van der Waals surface area contributed by atoms with Gasteiger partial charge in [-0.3, -0.25) is 0 Å². The van der Waals surface area contributed by atoms with E-state index >= 15 is 0 Å². The van der Waals surface area contributed by atoms with Gasteiger partial charge in [-0.25, -0.2) is 0 Å². The van der Waals surface area contributed by atoms with Crippen LogP contribution in [0.3, 0.4) is 0 Å². The van der Waals surface area contributed by atoms with Gasteiger partial charge in [-0.05, 0) is 18.2 Å². The number of nitrogens with two attached hydrogens (primary N) is 2. The van der Waals surface area contributed by atoms with Gasteiger partial charge in [-0.1, -0.05) is 18.2 Å². The minimum absolute atomic E-state index is 0.503. The van der Waals surface area contributed by atoms with Crippen molar-refractivity contribution in [3.05, 3.63) is 36.4 Å². The Morgan fingerprint density at radius 2 is 1.82 bits per heavy atom. The SMILES string of the molecule is Cn1c2ccccc2c2ccc(ON)c(N)c21. The van der Waals surface area contributed by atoms with E-state index in [2.05, 4.69) is 16.7 Å². The summed E-state index contributed by atoms with van der Waals surface area (Å²) in [6.07, 6.45) is 0. The maximum atomic E-state index is 6.07. The quantitative estimate of drug-likeness (QED) is 0.494. The molecule has 2 aromatic carbocycles. The maximum Gasteiger partial charge on any atom is 0.171 e. The maximum absolute atomic E-state index is 6.07. The number of anilines is 1. The topological polar surface area (TPSA) is 66.2 Å². The summed E-state index contributed by atoms with van der Waals surface area (Å²) in [4.78, 5) is 4.77. The molecule has 0 spiro atoms. The third-order valence-corrected chi connectivity index (χ3v) is 3.20. The van der Waals surface area contributed by atoms with Gasteiger partial charge in [-0.2, -0.15) is 5.90 Å². The first-order chi connectivity index (χ1) is 8.24. The van der Waals surface area contributed by atoms with Crippen LogP contribution >= 0.6 is 0 Å². The van der Waals surface area contributed by atoms with E-state index in [0.717, 1.165) is 16.4 Å². The normalized spacial score (nSPS) is 11.2. The molecule has 0 amide bonds. The minimum Gasteiger partial charge on any atom is -0.409 e. The number of aryl methyl sites for hydroxylation is 1. The molecule has 17 heavy (non-hydrogen) atoms. The molecular formula is C13H13N3O. The molecule has 0 saturated heterocycles. The Bertz CT molecular complexity index is 715. The third-order valence-electron chi connectivity index (χ3n) is 3.20. The number of aromatic nitrogens is 1. The van der Waals surface area contributed by atoms with Crippen molar-refractivity contribution >= 4 is 27.5 Å². The third kappa shape index (κ3) is 1.21. The lowest BCUT2D eigenvalue weighted by atomic mass is 10.1. The van der Waals surface area contributed by atoms with Gasteiger partial charge in [0, 0.05) is 23.3 Å². The second-order valence-electron chi connectivity index (χ2n) is 4.07. The molecule has 1 aromatic heterocycles. The first kappa shape index (κ1) is 9.99. The predicted molar refractivity (Wildman–Crippen MR) is 69.7 cm³/mol. The van der Waals surface area contributed by atoms with Crippen molar-refractivity contribution in [3.63, 3.8) is 0 Å². The Hall–Kier alpha value is -2.20. The van der Waals surface area contributed by atoms with Crippen molar-refractivity contribution < 1.29 is 4.84 Å². The van der Waals surface area contributed by atoms with Crippen molar-refractivity contribution in [1.29, 1.82) is 0 Å². The number of para-hydroxylation sites is 1. The van der Waals surface area contributed by atoms with Crippen molar-refractivity contribution in [2.45, 2.75) is 0 Å². The number of nitrogens with zero attached hydrogens (tertiary/aromatic N) is 1. The van der Waals surface area contributed by atoms with Gasteiger partial charge in [0.25, 0.3) is 0 Å². The van der Waals surface area contributed by atoms with E-state index in [1.54, 1.807) is 6.07 Å². The summed E-state index contributed by atoms with van der Waals surface area (Å²) < 4.78 is 2.06. The van der Waals surface area contributed by atoms with E-state index in [4.69, 9.17) is 16.5 Å². The minimum atomic E-state index is 0.503. The van der Waals surface area contributed by atoms with Gasteiger partial charge in [0.05, 0.1) is 5.52 Å². The Morgan fingerprint density at radius 3 is 2.59 bits per heavy atom. The van der Waals surface area contributed by atoms with Gasteiger partial charge in [0.15, 0.2) is 5.75 Å². The molecule has 0 unspecified atom stereocenters. The number of fused-ring (bicyclic) bond motifs is 3. The Balaban J connectivity index is 2.57. The van der Waals surface area contributed by atoms with Crippen LogP contribution in [0.2, 0.25) is 0 Å². The molecule has 0 aliphatic carbocycles. The highest BCUT2D eigenvalue weighted by atomic mass is 16.6. The number of hydrogen-bond donors (Lipinski definition) is 2. The van der Waals surface area contributed by atoms with Gasteiger partial charge in [0.1, 0.15) is 5.69 Å². The van der Waals surface area contributed by atoms with Crippen LogP contribution in [0.15, 0.2) is 36.4 Å². The highest BCUT2D eigenvalue weighted by Crippen LogP contribution is 2.36. The van der Waals surface area contributed by atoms with Crippen molar-refractivity contribution in [3.8, 4) is 5.75 Å². The molecule has 0 bridgehead atoms. The zero-order chi connectivity index (χ0) is 12.0. The summed E-state index contributed by atoms with van der Waals surface area (Å²) >= 11 is 0. The van der Waals surface area contributed by atoms with Crippen LogP contribution in [0.4, 0.5) is 5.69 Å². The average Bonchev–Trinajstić information content (AvgIpc) is 2.65. The zero-order valence-electron chi connectivity index (χ0n) is 9.47. The molecule has 3 aromatic rings. The summed E-state index contributed by atoms with van der Waals surface area (Å²) in [6.45, 7) is 0. The van der Waals surface area contributed by atoms with Gasteiger partial charge < -0.3 is 15.1 Å². The Kier molecular flexibility index (Phi) is 2.00. The fourth-order valence-corrected chi connectivity index (χ4v) is 2.39.